The summed E-state index contributed by atoms with van der Waals surface area (Å²) in [4.78, 5) is 10.5. The Morgan fingerprint density at radius 1 is 0.895 bits per heavy atom. The van der Waals surface area contributed by atoms with Crippen LogP contribution >= 0.6 is 12.6 Å². The van der Waals surface area contributed by atoms with Crippen LogP contribution in [0, 0.1) is 5.92 Å². The first-order valence-electron chi connectivity index (χ1n) is 7.99. The second-order valence-corrected chi connectivity index (χ2v) is 6.20. The maximum absolute atomic E-state index is 10.5. The highest BCUT2D eigenvalue weighted by atomic mass is 32.1. The molecule has 0 bridgehead atoms. The van der Waals surface area contributed by atoms with Crippen molar-refractivity contribution in [2.24, 2.45) is 5.92 Å². The number of carboxylic acid groups (broad SMARTS) is 1. The molecule has 0 fully saturated rings. The summed E-state index contributed by atoms with van der Waals surface area (Å²) in [6, 6.07) is 0. The van der Waals surface area contributed by atoms with Crippen LogP contribution in [0.25, 0.3) is 0 Å². The smallest absolute Gasteiger partial charge is 0.303 e. The van der Waals surface area contributed by atoms with E-state index in [1.807, 2.05) is 6.92 Å². The SMILES string of the molecule is CC(CCCCCCCCCCCCS)CC(=O)O. The lowest BCUT2D eigenvalue weighted by molar-refractivity contribution is -0.138. The minimum absolute atomic E-state index is 0.326. The monoisotopic (exact) mass is 288 g/mol. The van der Waals surface area contributed by atoms with Crippen LogP contribution in [-0.2, 0) is 4.79 Å². The summed E-state index contributed by atoms with van der Waals surface area (Å²) in [5.74, 6) is 0.704. The van der Waals surface area contributed by atoms with Gasteiger partial charge in [-0.1, -0.05) is 71.1 Å². The lowest BCUT2D eigenvalue weighted by Gasteiger charge is -2.07. The first-order chi connectivity index (χ1) is 9.16. The van der Waals surface area contributed by atoms with Gasteiger partial charge in [0.15, 0.2) is 0 Å². The van der Waals surface area contributed by atoms with Gasteiger partial charge in [0.05, 0.1) is 0 Å². The van der Waals surface area contributed by atoms with Gasteiger partial charge in [-0.2, -0.15) is 12.6 Å². The summed E-state index contributed by atoms with van der Waals surface area (Å²) in [6.45, 7) is 2.04. The predicted molar refractivity (Wildman–Crippen MR) is 86.1 cm³/mol. The summed E-state index contributed by atoms with van der Waals surface area (Å²) in [5, 5.41) is 8.66. The summed E-state index contributed by atoms with van der Waals surface area (Å²) in [7, 11) is 0. The third kappa shape index (κ3) is 15.8. The molecule has 0 saturated carbocycles. The maximum Gasteiger partial charge on any atom is 0.303 e. The third-order valence-corrected chi connectivity index (χ3v) is 3.94. The Balaban J connectivity index is 3.08. The molecule has 0 radical (unpaired) electrons. The quantitative estimate of drug-likeness (QED) is 0.335. The van der Waals surface area contributed by atoms with Crippen molar-refractivity contribution >= 4 is 18.6 Å². The van der Waals surface area contributed by atoms with E-state index in [1.54, 1.807) is 0 Å². The van der Waals surface area contributed by atoms with Gasteiger partial charge in [-0.15, -0.1) is 0 Å². The fraction of sp³-hybridized carbons (Fsp3) is 0.938. The lowest BCUT2D eigenvalue weighted by atomic mass is 9.99. The molecule has 0 rings (SSSR count). The van der Waals surface area contributed by atoms with Crippen LogP contribution in [-0.4, -0.2) is 16.8 Å². The van der Waals surface area contributed by atoms with Crippen LogP contribution in [0.4, 0.5) is 0 Å². The van der Waals surface area contributed by atoms with Gasteiger partial charge >= 0.3 is 5.97 Å². The van der Waals surface area contributed by atoms with Crippen LogP contribution in [0.5, 0.6) is 0 Å². The average Bonchev–Trinajstić information content (AvgIpc) is 2.35. The molecule has 19 heavy (non-hydrogen) atoms. The van der Waals surface area contributed by atoms with Crippen LogP contribution in [0.2, 0.25) is 0 Å². The molecular weight excluding hydrogens is 256 g/mol. The predicted octanol–water partition coefficient (Wildman–Crippen LogP) is 5.32. The summed E-state index contributed by atoms with van der Waals surface area (Å²) >= 11 is 4.21. The van der Waals surface area contributed by atoms with Crippen molar-refractivity contribution in [3.05, 3.63) is 0 Å². The van der Waals surface area contributed by atoms with Crippen LogP contribution in [0.1, 0.15) is 84.0 Å². The number of rotatable bonds is 14. The normalized spacial score (nSPS) is 12.5. The van der Waals surface area contributed by atoms with E-state index in [0.717, 1.165) is 12.2 Å². The molecule has 2 nitrogen and oxygen atoms in total. The molecule has 1 N–H and O–H groups in total. The van der Waals surface area contributed by atoms with Gasteiger partial charge in [0.2, 0.25) is 0 Å². The van der Waals surface area contributed by atoms with Crippen molar-refractivity contribution in [1.29, 1.82) is 0 Å². The van der Waals surface area contributed by atoms with E-state index in [9.17, 15) is 4.79 Å². The van der Waals surface area contributed by atoms with Crippen LogP contribution < -0.4 is 0 Å². The Morgan fingerprint density at radius 3 is 1.74 bits per heavy atom. The molecule has 3 heteroatoms. The molecule has 1 atom stereocenters. The van der Waals surface area contributed by atoms with Crippen molar-refractivity contribution in [3.8, 4) is 0 Å². The Kier molecular flexibility index (Phi) is 14.1. The minimum Gasteiger partial charge on any atom is -0.481 e. The topological polar surface area (TPSA) is 37.3 Å². The lowest BCUT2D eigenvalue weighted by Crippen LogP contribution is -2.03. The van der Waals surface area contributed by atoms with Crippen molar-refractivity contribution in [1.82, 2.24) is 0 Å². The Hall–Kier alpha value is -0.180. The van der Waals surface area contributed by atoms with Crippen molar-refractivity contribution in [2.45, 2.75) is 84.0 Å². The molecule has 0 aliphatic heterocycles. The van der Waals surface area contributed by atoms with Crippen molar-refractivity contribution in [3.63, 3.8) is 0 Å². The highest BCUT2D eigenvalue weighted by Gasteiger charge is 2.06. The van der Waals surface area contributed by atoms with E-state index < -0.39 is 5.97 Å². The first-order valence-corrected chi connectivity index (χ1v) is 8.62. The number of unbranched alkanes of at least 4 members (excludes halogenated alkanes) is 9. The second-order valence-electron chi connectivity index (χ2n) is 5.75. The number of hydrogen-bond acceptors (Lipinski definition) is 2. The van der Waals surface area contributed by atoms with Gasteiger partial charge in [-0.3, -0.25) is 4.79 Å². The molecule has 0 aromatic heterocycles. The number of carboxylic acids is 1. The van der Waals surface area contributed by atoms with Crippen molar-refractivity contribution < 1.29 is 9.90 Å². The van der Waals surface area contributed by atoms with Crippen molar-refractivity contribution in [2.75, 3.05) is 5.75 Å². The van der Waals surface area contributed by atoms with E-state index >= 15 is 0 Å². The van der Waals surface area contributed by atoms with E-state index in [2.05, 4.69) is 12.6 Å². The molecule has 0 aromatic rings. The van der Waals surface area contributed by atoms with Crippen LogP contribution in [0.15, 0.2) is 0 Å². The Bertz CT molecular complexity index is 207. The highest BCUT2D eigenvalue weighted by molar-refractivity contribution is 7.80. The summed E-state index contributed by atoms with van der Waals surface area (Å²) in [6.07, 6.45) is 14.6. The van der Waals surface area contributed by atoms with Gasteiger partial charge < -0.3 is 5.11 Å². The summed E-state index contributed by atoms with van der Waals surface area (Å²) in [5.41, 5.74) is 0. The number of thiol groups is 1. The van der Waals surface area contributed by atoms with Gasteiger partial charge in [0, 0.05) is 6.42 Å². The molecular formula is C16H32O2S. The second kappa shape index (κ2) is 14.2. The van der Waals surface area contributed by atoms with Gasteiger partial charge in [0.1, 0.15) is 0 Å². The Morgan fingerprint density at radius 2 is 1.32 bits per heavy atom. The van der Waals surface area contributed by atoms with E-state index in [0.29, 0.717) is 12.3 Å². The third-order valence-electron chi connectivity index (χ3n) is 3.63. The number of carbonyl (C=O) groups is 1. The average molecular weight is 288 g/mol. The zero-order chi connectivity index (χ0) is 14.3. The molecule has 1 unspecified atom stereocenters. The summed E-state index contributed by atoms with van der Waals surface area (Å²) < 4.78 is 0. The molecule has 114 valence electrons. The van der Waals surface area contributed by atoms with E-state index in [-0.39, 0.29) is 0 Å². The fourth-order valence-electron chi connectivity index (χ4n) is 2.42. The zero-order valence-electron chi connectivity index (χ0n) is 12.6. The zero-order valence-corrected chi connectivity index (χ0v) is 13.5. The fourth-order valence-corrected chi connectivity index (χ4v) is 2.64. The minimum atomic E-state index is -0.662. The van der Waals surface area contributed by atoms with Gasteiger partial charge in [-0.05, 0) is 18.1 Å². The molecule has 0 spiro atoms. The first kappa shape index (κ1) is 18.8. The Labute approximate surface area is 124 Å². The van der Waals surface area contributed by atoms with E-state index in [4.69, 9.17) is 5.11 Å². The molecule has 0 amide bonds. The standard InChI is InChI=1S/C16H32O2S/c1-15(14-16(17)18)12-10-8-6-4-2-3-5-7-9-11-13-19/h15,19H,2-14H2,1H3,(H,17,18). The number of aliphatic carboxylic acids is 1. The molecule has 0 heterocycles. The number of hydrogen-bond donors (Lipinski definition) is 2. The highest BCUT2D eigenvalue weighted by Crippen LogP contribution is 2.15. The van der Waals surface area contributed by atoms with Gasteiger partial charge in [0.25, 0.3) is 0 Å². The largest absolute Gasteiger partial charge is 0.481 e. The van der Waals surface area contributed by atoms with Crippen LogP contribution in [0.3, 0.4) is 0 Å². The van der Waals surface area contributed by atoms with E-state index in [1.165, 1.54) is 64.2 Å². The molecule has 0 aliphatic rings. The molecule has 0 saturated heterocycles. The molecule has 0 aliphatic carbocycles. The van der Waals surface area contributed by atoms with Gasteiger partial charge in [-0.25, -0.2) is 0 Å². The maximum atomic E-state index is 10.5. The molecule has 0 aromatic carbocycles.